The average Bonchev–Trinajstić information content (AvgIpc) is 2.99. The highest BCUT2D eigenvalue weighted by Gasteiger charge is 2.16. The summed E-state index contributed by atoms with van der Waals surface area (Å²) in [6, 6.07) is 12.2. The summed E-state index contributed by atoms with van der Waals surface area (Å²) in [7, 11) is 0. The fraction of sp³-hybridized carbons (Fsp3) is 0.0588. The highest BCUT2D eigenvalue weighted by molar-refractivity contribution is 9.10. The number of carbonyl (C=O) groups excluding carboxylic acids is 1. The number of hydrogen-bond acceptors (Lipinski definition) is 4. The van der Waals surface area contributed by atoms with Gasteiger partial charge in [-0.2, -0.15) is 5.10 Å². The number of nitrogen functional groups attached to an aromatic ring is 1. The molecule has 8 heteroatoms. The minimum absolute atomic E-state index is 0.0116. The first-order valence-corrected chi connectivity index (χ1v) is 8.18. The van der Waals surface area contributed by atoms with Crippen molar-refractivity contribution >= 4 is 33.5 Å². The van der Waals surface area contributed by atoms with Gasteiger partial charge < -0.3 is 11.1 Å². The Kier molecular flexibility index (Phi) is 4.62. The van der Waals surface area contributed by atoms with Crippen LogP contribution >= 0.6 is 15.9 Å². The van der Waals surface area contributed by atoms with E-state index < -0.39 is 0 Å². The van der Waals surface area contributed by atoms with Gasteiger partial charge in [-0.05, 0) is 65.3 Å². The van der Waals surface area contributed by atoms with Crippen LogP contribution in [0.15, 0.2) is 53.1 Å². The average molecular weight is 399 g/mol. The molecule has 0 atom stereocenters. The largest absolute Gasteiger partial charge is 0.384 e. The van der Waals surface area contributed by atoms with Crippen molar-refractivity contribution in [3.8, 4) is 5.69 Å². The molecule has 1 aromatic carbocycles. The third-order valence-corrected chi connectivity index (χ3v) is 3.93. The number of nitrogens with one attached hydrogen (secondary N) is 2. The monoisotopic (exact) mass is 398 g/mol. The van der Waals surface area contributed by atoms with E-state index in [0.29, 0.717) is 28.5 Å². The van der Waals surface area contributed by atoms with Gasteiger partial charge in [0.05, 0.1) is 11.4 Å². The second-order valence-electron chi connectivity index (χ2n) is 5.36. The van der Waals surface area contributed by atoms with Gasteiger partial charge in [-0.15, -0.1) is 0 Å². The zero-order valence-corrected chi connectivity index (χ0v) is 14.9. The van der Waals surface area contributed by atoms with E-state index in [2.05, 4.69) is 31.3 Å². The molecular formula is C17H15BrN6O. The van der Waals surface area contributed by atoms with Crippen molar-refractivity contribution in [2.45, 2.75) is 6.92 Å². The lowest BCUT2D eigenvalue weighted by molar-refractivity contribution is 0.101. The lowest BCUT2D eigenvalue weighted by atomic mass is 10.2. The van der Waals surface area contributed by atoms with Crippen LogP contribution in [-0.2, 0) is 0 Å². The van der Waals surface area contributed by atoms with Crippen LogP contribution < -0.4 is 11.1 Å². The molecule has 2 aromatic heterocycles. The fourth-order valence-corrected chi connectivity index (χ4v) is 2.50. The number of benzene rings is 1. The van der Waals surface area contributed by atoms with E-state index in [0.717, 1.165) is 4.47 Å². The smallest absolute Gasteiger partial charge is 0.275 e. The van der Waals surface area contributed by atoms with E-state index in [1.54, 1.807) is 53.3 Å². The summed E-state index contributed by atoms with van der Waals surface area (Å²) in [6.07, 6.45) is 1.61. The molecule has 25 heavy (non-hydrogen) atoms. The van der Waals surface area contributed by atoms with Crippen molar-refractivity contribution in [1.82, 2.24) is 14.8 Å². The van der Waals surface area contributed by atoms with Crippen molar-refractivity contribution in [2.75, 3.05) is 5.32 Å². The highest BCUT2D eigenvalue weighted by Crippen LogP contribution is 2.16. The van der Waals surface area contributed by atoms with Crippen molar-refractivity contribution < 1.29 is 4.79 Å². The number of aryl methyl sites for hydroxylation is 1. The number of amidine groups is 1. The Hall–Kier alpha value is -3.00. The van der Waals surface area contributed by atoms with Gasteiger partial charge >= 0.3 is 0 Å². The molecule has 0 aliphatic rings. The van der Waals surface area contributed by atoms with Gasteiger partial charge in [-0.25, -0.2) is 9.67 Å². The van der Waals surface area contributed by atoms with E-state index >= 15 is 0 Å². The van der Waals surface area contributed by atoms with Crippen LogP contribution in [0.5, 0.6) is 0 Å². The first kappa shape index (κ1) is 16.8. The van der Waals surface area contributed by atoms with Gasteiger partial charge in [0.2, 0.25) is 0 Å². The predicted octanol–water partition coefficient (Wildman–Crippen LogP) is 2.87. The number of amides is 1. The first-order valence-electron chi connectivity index (χ1n) is 7.38. The van der Waals surface area contributed by atoms with Crippen molar-refractivity contribution in [3.05, 3.63) is 70.1 Å². The van der Waals surface area contributed by atoms with E-state index in [4.69, 9.17) is 11.1 Å². The normalized spacial score (nSPS) is 10.5. The van der Waals surface area contributed by atoms with Crippen LogP contribution in [0.2, 0.25) is 0 Å². The lowest BCUT2D eigenvalue weighted by Crippen LogP contribution is -2.17. The van der Waals surface area contributed by atoms with Gasteiger partial charge in [0, 0.05) is 16.2 Å². The van der Waals surface area contributed by atoms with Gasteiger partial charge in [0.15, 0.2) is 0 Å². The molecule has 0 saturated heterocycles. The molecular weight excluding hydrogens is 384 g/mol. The molecule has 7 nitrogen and oxygen atoms in total. The molecule has 0 aliphatic heterocycles. The number of aromatic nitrogens is 3. The summed E-state index contributed by atoms with van der Waals surface area (Å²) in [5.41, 5.74) is 7.88. The summed E-state index contributed by atoms with van der Waals surface area (Å²) in [4.78, 5) is 16.7. The summed E-state index contributed by atoms with van der Waals surface area (Å²) in [5.74, 6) is 0.124. The molecule has 0 aliphatic carbocycles. The van der Waals surface area contributed by atoms with E-state index in [1.807, 2.05) is 6.92 Å². The molecule has 3 aromatic rings. The van der Waals surface area contributed by atoms with Crippen molar-refractivity contribution in [2.24, 2.45) is 5.73 Å². The number of halogens is 1. The molecule has 126 valence electrons. The second kappa shape index (κ2) is 6.86. The predicted molar refractivity (Wildman–Crippen MR) is 99.2 cm³/mol. The van der Waals surface area contributed by atoms with Crippen LogP contribution in [0, 0.1) is 12.3 Å². The van der Waals surface area contributed by atoms with E-state index in [9.17, 15) is 4.79 Å². The van der Waals surface area contributed by atoms with E-state index in [1.165, 1.54) is 0 Å². The second-order valence-corrected chi connectivity index (χ2v) is 6.27. The van der Waals surface area contributed by atoms with Crippen LogP contribution in [0.3, 0.4) is 0 Å². The SMILES string of the molecule is Cc1cc(C(=O)Nc2ccc(Br)cn2)n(-c2ccc(C(=N)N)cc2)n1. The minimum Gasteiger partial charge on any atom is -0.384 e. The third kappa shape index (κ3) is 3.74. The Bertz CT molecular complexity index is 931. The van der Waals surface area contributed by atoms with Crippen molar-refractivity contribution in [1.29, 1.82) is 5.41 Å². The summed E-state index contributed by atoms with van der Waals surface area (Å²) in [6.45, 7) is 1.81. The quantitative estimate of drug-likeness (QED) is 0.463. The molecule has 0 radical (unpaired) electrons. The third-order valence-electron chi connectivity index (χ3n) is 3.46. The Morgan fingerprint density at radius 1 is 1.24 bits per heavy atom. The Balaban J connectivity index is 1.91. The molecule has 0 bridgehead atoms. The molecule has 3 rings (SSSR count). The Morgan fingerprint density at radius 3 is 2.56 bits per heavy atom. The van der Waals surface area contributed by atoms with E-state index in [-0.39, 0.29) is 11.7 Å². The molecule has 0 unspecified atom stereocenters. The zero-order valence-electron chi connectivity index (χ0n) is 13.3. The fourth-order valence-electron chi connectivity index (χ4n) is 2.27. The van der Waals surface area contributed by atoms with Gasteiger partial charge in [-0.1, -0.05) is 0 Å². The van der Waals surface area contributed by atoms with Gasteiger partial charge in [-0.3, -0.25) is 10.2 Å². The molecule has 4 N–H and O–H groups in total. The number of nitrogens with zero attached hydrogens (tertiary/aromatic N) is 3. The standard InChI is InChI=1S/C17H15BrN6O/c1-10-8-14(17(25)22-15-7-4-12(18)9-21-15)24(23-10)13-5-2-11(3-6-13)16(19)20/h2-9H,1H3,(H3,19,20)(H,21,22,25). The lowest BCUT2D eigenvalue weighted by Gasteiger charge is -2.09. The first-order chi connectivity index (χ1) is 11.9. The maximum atomic E-state index is 12.6. The number of rotatable bonds is 4. The molecule has 0 fully saturated rings. The van der Waals surface area contributed by atoms with Crippen LogP contribution in [-0.4, -0.2) is 26.5 Å². The maximum absolute atomic E-state index is 12.6. The number of hydrogen-bond donors (Lipinski definition) is 3. The number of anilines is 1. The highest BCUT2D eigenvalue weighted by atomic mass is 79.9. The molecule has 2 heterocycles. The maximum Gasteiger partial charge on any atom is 0.275 e. The summed E-state index contributed by atoms with van der Waals surface area (Å²) in [5, 5.41) is 14.6. The molecule has 0 spiro atoms. The summed E-state index contributed by atoms with van der Waals surface area (Å²) < 4.78 is 2.38. The zero-order chi connectivity index (χ0) is 18.0. The van der Waals surface area contributed by atoms with Gasteiger partial charge in [0.25, 0.3) is 5.91 Å². The molecule has 1 amide bonds. The Morgan fingerprint density at radius 2 is 1.96 bits per heavy atom. The summed E-state index contributed by atoms with van der Waals surface area (Å²) >= 11 is 3.30. The minimum atomic E-state index is -0.314. The van der Waals surface area contributed by atoms with Crippen molar-refractivity contribution in [3.63, 3.8) is 0 Å². The molecule has 0 saturated carbocycles. The number of nitrogens with two attached hydrogens (primary N) is 1. The van der Waals surface area contributed by atoms with Crippen LogP contribution in [0.25, 0.3) is 5.69 Å². The van der Waals surface area contributed by atoms with Crippen LogP contribution in [0.4, 0.5) is 5.82 Å². The number of pyridine rings is 1. The number of carbonyl (C=O) groups is 1. The Labute approximate surface area is 152 Å². The van der Waals surface area contributed by atoms with Gasteiger partial charge in [0.1, 0.15) is 17.3 Å². The van der Waals surface area contributed by atoms with Crippen LogP contribution in [0.1, 0.15) is 21.7 Å². The topological polar surface area (TPSA) is 110 Å².